The summed E-state index contributed by atoms with van der Waals surface area (Å²) in [5.74, 6) is -0.603. The predicted octanol–water partition coefficient (Wildman–Crippen LogP) is 6.20. The monoisotopic (exact) mass is 445 g/mol. The maximum Gasteiger partial charge on any atom is 0.302 e. The summed E-state index contributed by atoms with van der Waals surface area (Å²) in [6.07, 6.45) is 1.34. The number of anilines is 1. The third-order valence-corrected chi connectivity index (χ3v) is 4.84. The molecule has 0 saturated carbocycles. The Morgan fingerprint density at radius 1 is 1.15 bits per heavy atom. The molecule has 0 atom stereocenters. The zero-order chi connectivity index (χ0) is 19.8. The van der Waals surface area contributed by atoms with Crippen molar-refractivity contribution < 1.29 is 9.18 Å². The second-order valence-electron chi connectivity index (χ2n) is 5.69. The number of aryl methyl sites for hydroxylation is 1. The fourth-order valence-corrected chi connectivity index (χ4v) is 3.14. The van der Waals surface area contributed by atoms with Gasteiger partial charge in [-0.3, -0.25) is 9.48 Å². The van der Waals surface area contributed by atoms with Crippen LogP contribution in [0.4, 0.5) is 10.1 Å². The summed E-state index contributed by atoms with van der Waals surface area (Å²) in [5, 5.41) is 7.37. The first kappa shape index (κ1) is 20.0. The normalized spacial score (nSPS) is 11.5. The molecule has 9 heteroatoms. The van der Waals surface area contributed by atoms with Crippen molar-refractivity contribution in [1.29, 1.82) is 0 Å². The highest BCUT2D eigenvalue weighted by molar-refractivity contribution is 6.47. The summed E-state index contributed by atoms with van der Waals surface area (Å²) in [4.78, 5) is 12.7. The van der Waals surface area contributed by atoms with Crippen molar-refractivity contribution in [3.8, 4) is 11.1 Å². The lowest BCUT2D eigenvalue weighted by Gasteiger charge is -2.13. The largest absolute Gasteiger partial charge is 0.321 e. The summed E-state index contributed by atoms with van der Waals surface area (Å²) in [5.41, 5.74) is 1.50. The fraction of sp³-hybridized carbons (Fsp3) is 0.111. The van der Waals surface area contributed by atoms with E-state index in [0.29, 0.717) is 21.3 Å². The number of hydrogen-bond acceptors (Lipinski definition) is 2. The zero-order valence-electron chi connectivity index (χ0n) is 13.8. The van der Waals surface area contributed by atoms with Crippen LogP contribution in [0.25, 0.3) is 11.1 Å². The van der Waals surface area contributed by atoms with Gasteiger partial charge in [-0.15, -0.1) is 0 Å². The number of rotatable bonds is 4. The average Bonchev–Trinajstić information content (AvgIpc) is 3.00. The smallest absolute Gasteiger partial charge is 0.302 e. The van der Waals surface area contributed by atoms with Crippen molar-refractivity contribution in [2.45, 2.75) is 4.59 Å². The molecule has 1 heterocycles. The molecule has 0 aliphatic rings. The SMILES string of the molecule is Cn1cc(C(=O)Nc2ccccc2-c2ccc(Cl)c(Cl)c2)c(C(F)(Cl)Cl)n1. The molecule has 0 fully saturated rings. The van der Waals surface area contributed by atoms with E-state index in [1.807, 2.05) is 12.1 Å². The number of benzene rings is 2. The number of carbonyl (C=O) groups is 1. The molecule has 0 unspecified atom stereocenters. The Kier molecular flexibility index (Phi) is 5.68. The topological polar surface area (TPSA) is 46.9 Å². The molecule has 3 aromatic rings. The molecular formula is C18H12Cl4FN3O. The van der Waals surface area contributed by atoms with Crippen LogP contribution in [-0.2, 0) is 11.6 Å². The van der Waals surface area contributed by atoms with E-state index in [1.165, 1.54) is 17.9 Å². The van der Waals surface area contributed by atoms with E-state index in [0.717, 1.165) is 5.56 Å². The molecular weight excluding hydrogens is 435 g/mol. The van der Waals surface area contributed by atoms with Crippen LogP contribution in [-0.4, -0.2) is 15.7 Å². The quantitative estimate of drug-likeness (QED) is 0.484. The van der Waals surface area contributed by atoms with Crippen LogP contribution in [0.2, 0.25) is 10.0 Å². The van der Waals surface area contributed by atoms with Gasteiger partial charge in [0.25, 0.3) is 5.91 Å². The first-order valence-electron chi connectivity index (χ1n) is 7.63. The number of alkyl halides is 3. The fourth-order valence-electron chi connectivity index (χ4n) is 2.56. The third kappa shape index (κ3) is 4.38. The number of amides is 1. The van der Waals surface area contributed by atoms with E-state index in [9.17, 15) is 9.18 Å². The van der Waals surface area contributed by atoms with Gasteiger partial charge in [0, 0.05) is 24.5 Å². The first-order valence-corrected chi connectivity index (χ1v) is 9.14. The van der Waals surface area contributed by atoms with Crippen LogP contribution in [0.3, 0.4) is 0 Å². The number of nitrogens with one attached hydrogen (secondary N) is 1. The lowest BCUT2D eigenvalue weighted by molar-refractivity contribution is 0.102. The maximum absolute atomic E-state index is 14.0. The van der Waals surface area contributed by atoms with E-state index in [1.54, 1.807) is 30.3 Å². The van der Waals surface area contributed by atoms with Gasteiger partial charge in [-0.25, -0.2) is 4.39 Å². The number of para-hydroxylation sites is 1. The number of nitrogens with zero attached hydrogens (tertiary/aromatic N) is 2. The van der Waals surface area contributed by atoms with E-state index in [2.05, 4.69) is 10.4 Å². The highest BCUT2D eigenvalue weighted by Crippen LogP contribution is 2.37. The van der Waals surface area contributed by atoms with Gasteiger partial charge >= 0.3 is 4.59 Å². The number of carbonyl (C=O) groups excluding carboxylic acids is 1. The molecule has 1 aromatic heterocycles. The molecule has 1 N–H and O–H groups in total. The number of halogens is 5. The summed E-state index contributed by atoms with van der Waals surface area (Å²) in [7, 11) is 1.53. The molecule has 0 aliphatic heterocycles. The van der Waals surface area contributed by atoms with Gasteiger partial charge in [-0.2, -0.15) is 5.10 Å². The van der Waals surface area contributed by atoms with E-state index >= 15 is 0 Å². The minimum atomic E-state index is -2.79. The predicted molar refractivity (Wildman–Crippen MR) is 108 cm³/mol. The Morgan fingerprint density at radius 2 is 1.85 bits per heavy atom. The summed E-state index contributed by atoms with van der Waals surface area (Å²) in [6.45, 7) is 0. The van der Waals surface area contributed by atoms with Crippen LogP contribution < -0.4 is 5.32 Å². The van der Waals surface area contributed by atoms with Crippen molar-refractivity contribution in [2.75, 3.05) is 5.32 Å². The summed E-state index contributed by atoms with van der Waals surface area (Å²) >= 11 is 23.1. The van der Waals surface area contributed by atoms with Crippen molar-refractivity contribution in [1.82, 2.24) is 9.78 Å². The molecule has 27 heavy (non-hydrogen) atoms. The van der Waals surface area contributed by atoms with Crippen LogP contribution in [0.5, 0.6) is 0 Å². The third-order valence-electron chi connectivity index (χ3n) is 3.75. The minimum absolute atomic E-state index is 0.0751. The van der Waals surface area contributed by atoms with Crippen LogP contribution in [0.15, 0.2) is 48.7 Å². The van der Waals surface area contributed by atoms with Crippen LogP contribution >= 0.6 is 46.4 Å². The Balaban J connectivity index is 1.98. The Morgan fingerprint density at radius 3 is 2.52 bits per heavy atom. The number of aromatic nitrogens is 2. The van der Waals surface area contributed by atoms with Crippen LogP contribution in [0.1, 0.15) is 16.1 Å². The lowest BCUT2D eigenvalue weighted by atomic mass is 10.0. The van der Waals surface area contributed by atoms with E-state index < -0.39 is 10.5 Å². The Labute approximate surface area is 174 Å². The number of hydrogen-bond donors (Lipinski definition) is 1. The molecule has 0 saturated heterocycles. The lowest BCUT2D eigenvalue weighted by Crippen LogP contribution is -2.17. The maximum atomic E-state index is 14.0. The van der Waals surface area contributed by atoms with E-state index in [-0.39, 0.29) is 11.3 Å². The molecule has 4 nitrogen and oxygen atoms in total. The molecule has 0 radical (unpaired) electrons. The van der Waals surface area contributed by atoms with Crippen molar-refractivity contribution in [3.63, 3.8) is 0 Å². The van der Waals surface area contributed by atoms with Gasteiger partial charge in [0.2, 0.25) is 0 Å². The molecule has 140 valence electrons. The van der Waals surface area contributed by atoms with E-state index in [4.69, 9.17) is 46.4 Å². The second-order valence-corrected chi connectivity index (χ2v) is 7.74. The van der Waals surface area contributed by atoms with Gasteiger partial charge in [-0.1, -0.05) is 70.7 Å². The van der Waals surface area contributed by atoms with Gasteiger partial charge in [0.15, 0.2) is 0 Å². The molecule has 0 bridgehead atoms. The molecule has 1 amide bonds. The van der Waals surface area contributed by atoms with Gasteiger partial charge in [-0.05, 0) is 23.8 Å². The Hall–Kier alpha value is -1.79. The molecule has 0 spiro atoms. The summed E-state index contributed by atoms with van der Waals surface area (Å²) in [6, 6.07) is 12.2. The van der Waals surface area contributed by atoms with Gasteiger partial charge in [0.1, 0.15) is 5.69 Å². The zero-order valence-corrected chi connectivity index (χ0v) is 16.8. The van der Waals surface area contributed by atoms with Crippen molar-refractivity contribution in [3.05, 3.63) is 70.0 Å². The first-order chi connectivity index (χ1) is 12.7. The highest BCUT2D eigenvalue weighted by atomic mass is 35.5. The minimum Gasteiger partial charge on any atom is -0.321 e. The van der Waals surface area contributed by atoms with Gasteiger partial charge in [0.05, 0.1) is 15.6 Å². The van der Waals surface area contributed by atoms with Crippen LogP contribution in [0, 0.1) is 0 Å². The average molecular weight is 447 g/mol. The molecule has 0 aliphatic carbocycles. The second kappa shape index (κ2) is 7.68. The Bertz CT molecular complexity index is 1010. The summed E-state index contributed by atoms with van der Waals surface area (Å²) < 4.78 is 12.4. The molecule has 2 aromatic carbocycles. The van der Waals surface area contributed by atoms with Crippen molar-refractivity contribution in [2.24, 2.45) is 7.05 Å². The van der Waals surface area contributed by atoms with Gasteiger partial charge < -0.3 is 5.32 Å². The standard InChI is InChI=1S/C18H12Cl4FN3O/c1-26-9-12(16(25-26)18(21,22)23)17(27)24-15-5-3-2-4-11(15)10-6-7-13(19)14(20)8-10/h2-9H,1H3,(H,24,27). The van der Waals surface area contributed by atoms with Crippen molar-refractivity contribution >= 4 is 58.0 Å². The highest BCUT2D eigenvalue weighted by Gasteiger charge is 2.34. The molecule has 3 rings (SSSR count).